The van der Waals surface area contributed by atoms with E-state index in [1.165, 1.54) is 24.5 Å². The summed E-state index contributed by atoms with van der Waals surface area (Å²) in [6.07, 6.45) is -1.99. The highest BCUT2D eigenvalue weighted by Crippen LogP contribution is 2.30. The van der Waals surface area contributed by atoms with Crippen LogP contribution >= 0.6 is 0 Å². The van der Waals surface area contributed by atoms with E-state index in [2.05, 4.69) is 9.97 Å². The molecule has 0 bridgehead atoms. The highest BCUT2D eigenvalue weighted by Gasteiger charge is 2.30. The Labute approximate surface area is 94.6 Å². The van der Waals surface area contributed by atoms with E-state index in [1.54, 1.807) is 0 Å². The van der Waals surface area contributed by atoms with Crippen molar-refractivity contribution in [2.75, 3.05) is 0 Å². The number of nitrogens with zero attached hydrogens (tertiary/aromatic N) is 2. The maximum atomic E-state index is 12.3. The van der Waals surface area contributed by atoms with Gasteiger partial charge in [-0.05, 0) is 12.1 Å². The van der Waals surface area contributed by atoms with E-state index in [9.17, 15) is 13.2 Å². The van der Waals surface area contributed by atoms with E-state index >= 15 is 0 Å². The van der Waals surface area contributed by atoms with Crippen LogP contribution in [0.3, 0.4) is 0 Å². The third-order valence-corrected chi connectivity index (χ3v) is 2.11. The summed E-state index contributed by atoms with van der Waals surface area (Å²) in [4.78, 5) is 7.60. The molecule has 0 amide bonds. The lowest BCUT2D eigenvalue weighted by Gasteiger charge is -2.06. The number of benzene rings is 1. The molecule has 6 heteroatoms. The molecule has 0 saturated carbocycles. The van der Waals surface area contributed by atoms with Gasteiger partial charge in [-0.1, -0.05) is 12.1 Å². The Morgan fingerprint density at radius 2 is 1.47 bits per heavy atom. The third-order valence-electron chi connectivity index (χ3n) is 2.11. The van der Waals surface area contributed by atoms with Crippen molar-refractivity contribution in [2.45, 2.75) is 6.18 Å². The molecule has 1 N–H and O–H groups in total. The predicted molar refractivity (Wildman–Crippen MR) is 54.1 cm³/mol. The average Bonchev–Trinajstić information content (AvgIpc) is 2.29. The van der Waals surface area contributed by atoms with Crippen LogP contribution in [-0.2, 0) is 6.18 Å². The van der Waals surface area contributed by atoms with Crippen LogP contribution in [0.25, 0.3) is 11.4 Å². The minimum atomic E-state index is -4.35. The summed E-state index contributed by atoms with van der Waals surface area (Å²) < 4.78 is 36.9. The molecule has 0 unspecified atom stereocenters. The first kappa shape index (κ1) is 11.4. The summed E-state index contributed by atoms with van der Waals surface area (Å²) in [6, 6.07) is 4.50. The van der Waals surface area contributed by atoms with Gasteiger partial charge in [-0.3, -0.25) is 0 Å². The largest absolute Gasteiger partial charge is 0.505 e. The van der Waals surface area contributed by atoms with Gasteiger partial charge >= 0.3 is 6.18 Å². The Morgan fingerprint density at radius 3 is 1.94 bits per heavy atom. The number of alkyl halides is 3. The summed E-state index contributed by atoms with van der Waals surface area (Å²) in [5, 5.41) is 8.98. The van der Waals surface area contributed by atoms with E-state index in [0.29, 0.717) is 5.56 Å². The van der Waals surface area contributed by atoms with Gasteiger partial charge in [-0.2, -0.15) is 13.2 Å². The van der Waals surface area contributed by atoms with Crippen molar-refractivity contribution >= 4 is 0 Å². The van der Waals surface area contributed by atoms with Crippen LogP contribution in [0.4, 0.5) is 13.2 Å². The molecule has 0 aliphatic heterocycles. The molecule has 0 spiro atoms. The fourth-order valence-electron chi connectivity index (χ4n) is 1.28. The van der Waals surface area contributed by atoms with Crippen molar-refractivity contribution in [3.8, 4) is 17.1 Å². The summed E-state index contributed by atoms with van der Waals surface area (Å²) in [5.41, 5.74) is -0.266. The van der Waals surface area contributed by atoms with Gasteiger partial charge in [0.2, 0.25) is 0 Å². The van der Waals surface area contributed by atoms with Crippen molar-refractivity contribution in [3.63, 3.8) is 0 Å². The third kappa shape index (κ3) is 2.52. The smallest absolute Gasteiger partial charge is 0.416 e. The lowest BCUT2D eigenvalue weighted by Crippen LogP contribution is -2.04. The van der Waals surface area contributed by atoms with Gasteiger partial charge < -0.3 is 5.11 Å². The van der Waals surface area contributed by atoms with Crippen molar-refractivity contribution in [3.05, 3.63) is 42.2 Å². The quantitative estimate of drug-likeness (QED) is 0.833. The van der Waals surface area contributed by atoms with Crippen LogP contribution < -0.4 is 0 Å². The molecule has 3 nitrogen and oxygen atoms in total. The summed E-state index contributed by atoms with van der Waals surface area (Å²) in [6.45, 7) is 0. The number of aromatic hydroxyl groups is 1. The Morgan fingerprint density at radius 1 is 0.941 bits per heavy atom. The Balaban J connectivity index is 2.33. The number of aromatic nitrogens is 2. The van der Waals surface area contributed by atoms with E-state index in [4.69, 9.17) is 5.11 Å². The van der Waals surface area contributed by atoms with Crippen molar-refractivity contribution in [1.82, 2.24) is 9.97 Å². The van der Waals surface area contributed by atoms with Crippen LogP contribution in [0.1, 0.15) is 5.56 Å². The van der Waals surface area contributed by atoms with Crippen LogP contribution in [0.2, 0.25) is 0 Å². The Kier molecular flexibility index (Phi) is 2.71. The van der Waals surface area contributed by atoms with Crippen LogP contribution in [0, 0.1) is 0 Å². The molecule has 0 radical (unpaired) electrons. The van der Waals surface area contributed by atoms with Crippen molar-refractivity contribution in [1.29, 1.82) is 0 Å². The molecule has 2 aromatic rings. The first-order valence-corrected chi connectivity index (χ1v) is 4.65. The van der Waals surface area contributed by atoms with Gasteiger partial charge in [-0.25, -0.2) is 9.97 Å². The zero-order chi connectivity index (χ0) is 12.5. The standard InChI is InChI=1S/C11H7F3N2O/c12-11(13,14)8-3-1-7(2-4-8)10-15-5-9(17)6-16-10/h1-6,17H. The first-order valence-electron chi connectivity index (χ1n) is 4.65. The molecule has 1 aromatic heterocycles. The van der Waals surface area contributed by atoms with Gasteiger partial charge in [0.25, 0.3) is 0 Å². The highest BCUT2D eigenvalue weighted by atomic mass is 19.4. The second-order valence-corrected chi connectivity index (χ2v) is 3.34. The van der Waals surface area contributed by atoms with Gasteiger partial charge in [0.15, 0.2) is 11.6 Å². The lowest BCUT2D eigenvalue weighted by atomic mass is 10.1. The Bertz CT molecular complexity index is 506. The molecule has 0 aliphatic carbocycles. The summed E-state index contributed by atoms with van der Waals surface area (Å²) in [5.74, 6) is 0.164. The molecule has 17 heavy (non-hydrogen) atoms. The molecule has 0 aliphatic rings. The minimum absolute atomic E-state index is 0.0966. The molecule has 0 atom stereocenters. The second kappa shape index (κ2) is 4.04. The predicted octanol–water partition coefficient (Wildman–Crippen LogP) is 2.87. The van der Waals surface area contributed by atoms with E-state index in [0.717, 1.165) is 12.1 Å². The molecule has 0 fully saturated rings. The van der Waals surface area contributed by atoms with Crippen LogP contribution in [-0.4, -0.2) is 15.1 Å². The monoisotopic (exact) mass is 240 g/mol. The Hall–Kier alpha value is -2.11. The molecule has 0 saturated heterocycles. The van der Waals surface area contributed by atoms with Gasteiger partial charge in [0.1, 0.15) is 0 Å². The van der Waals surface area contributed by atoms with Crippen LogP contribution in [0.5, 0.6) is 5.75 Å². The fourth-order valence-corrected chi connectivity index (χ4v) is 1.28. The topological polar surface area (TPSA) is 46.0 Å². The molecule has 88 valence electrons. The van der Waals surface area contributed by atoms with Crippen LogP contribution in [0.15, 0.2) is 36.7 Å². The van der Waals surface area contributed by atoms with Gasteiger partial charge in [0, 0.05) is 5.56 Å². The normalized spacial score (nSPS) is 11.5. The van der Waals surface area contributed by atoms with Gasteiger partial charge in [-0.15, -0.1) is 0 Å². The SMILES string of the molecule is Oc1cnc(-c2ccc(C(F)(F)F)cc2)nc1. The number of hydrogen-bond acceptors (Lipinski definition) is 3. The zero-order valence-corrected chi connectivity index (χ0v) is 8.44. The molecular formula is C11H7F3N2O. The van der Waals surface area contributed by atoms with Gasteiger partial charge in [0.05, 0.1) is 18.0 Å². The second-order valence-electron chi connectivity index (χ2n) is 3.34. The first-order chi connectivity index (χ1) is 7.97. The van der Waals surface area contributed by atoms with Crippen molar-refractivity contribution < 1.29 is 18.3 Å². The maximum Gasteiger partial charge on any atom is 0.416 e. The van der Waals surface area contributed by atoms with E-state index in [1.807, 2.05) is 0 Å². The number of rotatable bonds is 1. The fraction of sp³-hybridized carbons (Fsp3) is 0.0909. The highest BCUT2D eigenvalue weighted by molar-refractivity contribution is 5.55. The molecule has 1 aromatic carbocycles. The molecule has 2 rings (SSSR count). The summed E-state index contributed by atoms with van der Waals surface area (Å²) in [7, 11) is 0. The number of hydrogen-bond donors (Lipinski definition) is 1. The van der Waals surface area contributed by atoms with Crippen molar-refractivity contribution in [2.24, 2.45) is 0 Å². The molecule has 1 heterocycles. The zero-order valence-electron chi connectivity index (χ0n) is 8.44. The summed E-state index contributed by atoms with van der Waals surface area (Å²) >= 11 is 0. The van der Waals surface area contributed by atoms with E-state index < -0.39 is 11.7 Å². The number of halogens is 3. The minimum Gasteiger partial charge on any atom is -0.505 e. The molecular weight excluding hydrogens is 233 g/mol. The average molecular weight is 240 g/mol. The lowest BCUT2D eigenvalue weighted by molar-refractivity contribution is -0.137. The maximum absolute atomic E-state index is 12.3. The van der Waals surface area contributed by atoms with E-state index in [-0.39, 0.29) is 11.6 Å².